The predicted molar refractivity (Wildman–Crippen MR) is 40.6 cm³/mol. The molecule has 0 saturated heterocycles. The van der Waals surface area contributed by atoms with Crippen LogP contribution in [0.1, 0.15) is 4.28 Å². The Bertz CT molecular complexity index is 160. The molecule has 0 amide bonds. The van der Waals surface area contributed by atoms with Gasteiger partial charge in [-0.25, -0.2) is 9.59 Å². The Morgan fingerprint density at radius 3 is 1.64 bits per heavy atom. The second-order valence-electron chi connectivity index (χ2n) is 1.15. The van der Waals surface area contributed by atoms with E-state index in [2.05, 4.69) is 17.9 Å². The van der Waals surface area contributed by atoms with Crippen LogP contribution in [-0.4, -0.2) is 49.7 Å². The summed E-state index contributed by atoms with van der Waals surface area (Å²) in [6.45, 7) is 6.17. The number of hydrogen-bond acceptors (Lipinski definition) is 3. The standard InChI is InChI=1S/C6H6O3.Ca.Na.3H/c1-3-5(7)9-6(8)4-2;;;;;/h3-4H,1-2H2;;;;;/q;+2;+1;3*-1. The van der Waals surface area contributed by atoms with Gasteiger partial charge in [-0.2, -0.15) is 0 Å². The van der Waals surface area contributed by atoms with Crippen molar-refractivity contribution in [1.82, 2.24) is 0 Å². The van der Waals surface area contributed by atoms with E-state index in [0.717, 1.165) is 12.2 Å². The first-order chi connectivity index (χ1) is 4.20. The molecule has 0 unspecified atom stereocenters. The van der Waals surface area contributed by atoms with Crippen molar-refractivity contribution in [3.05, 3.63) is 25.3 Å². The molecule has 0 aliphatic carbocycles. The number of carbonyl (C=O) groups is 2. The molecule has 0 fully saturated rings. The largest absolute Gasteiger partial charge is 2.00 e. The number of ether oxygens (including phenoxy) is 1. The predicted octanol–water partition coefficient (Wildman–Crippen LogP) is -2.61. The molecule has 0 heterocycles. The van der Waals surface area contributed by atoms with Gasteiger partial charge in [-0.05, 0) is 0 Å². The third kappa shape index (κ3) is 10.9. The maximum atomic E-state index is 10.2. The van der Waals surface area contributed by atoms with E-state index < -0.39 is 11.9 Å². The Morgan fingerprint density at radius 1 is 1.18 bits per heavy atom. The first-order valence-corrected chi connectivity index (χ1v) is 2.21. The normalized spacial score (nSPS) is 6.18. The van der Waals surface area contributed by atoms with Gasteiger partial charge in [-0.1, -0.05) is 13.2 Å². The number of carbonyl (C=O) groups excluding carboxylic acids is 2. The van der Waals surface area contributed by atoms with E-state index in [-0.39, 0.29) is 71.6 Å². The molecule has 0 aromatic rings. The molecule has 5 heteroatoms. The number of rotatable bonds is 2. The Morgan fingerprint density at radius 2 is 1.45 bits per heavy atom. The molecule has 0 rings (SSSR count). The zero-order chi connectivity index (χ0) is 7.28. The molecule has 0 aliphatic heterocycles. The molecule has 0 radical (unpaired) electrons. The molecular formula is C6H9CaNaO3. The van der Waals surface area contributed by atoms with Crippen LogP contribution in [0.15, 0.2) is 25.3 Å². The molecule has 0 spiro atoms. The van der Waals surface area contributed by atoms with Crippen molar-refractivity contribution in [3.8, 4) is 0 Å². The summed E-state index contributed by atoms with van der Waals surface area (Å²) >= 11 is 0. The minimum absolute atomic E-state index is 0. The third-order valence-electron chi connectivity index (χ3n) is 0.535. The molecule has 3 nitrogen and oxygen atoms in total. The van der Waals surface area contributed by atoms with Crippen molar-refractivity contribution in [2.75, 3.05) is 0 Å². The Labute approximate surface area is 122 Å². The summed E-state index contributed by atoms with van der Waals surface area (Å²) in [5.41, 5.74) is 0. The van der Waals surface area contributed by atoms with Crippen molar-refractivity contribution >= 4 is 49.7 Å². The van der Waals surface area contributed by atoms with Gasteiger partial charge in [-0.15, -0.1) is 0 Å². The summed E-state index contributed by atoms with van der Waals surface area (Å²) in [5.74, 6) is -1.53. The van der Waals surface area contributed by atoms with Crippen molar-refractivity contribution in [2.24, 2.45) is 0 Å². The second-order valence-corrected chi connectivity index (χ2v) is 1.15. The smallest absolute Gasteiger partial charge is 1.00 e. The monoisotopic (exact) mass is 192 g/mol. The van der Waals surface area contributed by atoms with Gasteiger partial charge in [0.2, 0.25) is 0 Å². The van der Waals surface area contributed by atoms with E-state index >= 15 is 0 Å². The molecule has 0 saturated carbocycles. The number of hydrogen-bond donors (Lipinski definition) is 0. The van der Waals surface area contributed by atoms with E-state index in [1.807, 2.05) is 0 Å². The van der Waals surface area contributed by atoms with E-state index in [1.54, 1.807) is 0 Å². The zero-order valence-corrected chi connectivity index (χ0v) is 10.7. The molecule has 0 aliphatic rings. The fraction of sp³-hybridized carbons (Fsp3) is 0. The van der Waals surface area contributed by atoms with Gasteiger partial charge in [0.1, 0.15) is 0 Å². The maximum Gasteiger partial charge on any atom is 2.00 e. The van der Waals surface area contributed by atoms with Gasteiger partial charge in [0.05, 0.1) is 0 Å². The van der Waals surface area contributed by atoms with E-state index in [0.29, 0.717) is 0 Å². The Balaban J connectivity index is -0.0000000320. The molecule has 0 aromatic heterocycles. The minimum atomic E-state index is -0.764. The van der Waals surface area contributed by atoms with Crippen molar-refractivity contribution < 1.29 is 48.2 Å². The minimum Gasteiger partial charge on any atom is -1.00 e. The SMILES string of the molecule is C=CC(=O)OC(=O)C=C.[Ca+2].[H-].[H-].[H-].[Na+]. The summed E-state index contributed by atoms with van der Waals surface area (Å²) < 4.78 is 4.03. The summed E-state index contributed by atoms with van der Waals surface area (Å²) in [6, 6.07) is 0. The van der Waals surface area contributed by atoms with Crippen LogP contribution >= 0.6 is 0 Å². The van der Waals surface area contributed by atoms with Gasteiger partial charge in [0.15, 0.2) is 0 Å². The molecule has 0 bridgehead atoms. The van der Waals surface area contributed by atoms with Gasteiger partial charge in [0, 0.05) is 12.2 Å². The van der Waals surface area contributed by atoms with Crippen molar-refractivity contribution in [1.29, 1.82) is 0 Å². The first kappa shape index (κ1) is 17.8. The van der Waals surface area contributed by atoms with E-state index in [4.69, 9.17) is 0 Å². The summed E-state index contributed by atoms with van der Waals surface area (Å²) in [5, 5.41) is 0. The van der Waals surface area contributed by atoms with Crippen LogP contribution in [-0.2, 0) is 14.3 Å². The number of esters is 2. The summed E-state index contributed by atoms with van der Waals surface area (Å²) in [4.78, 5) is 20.3. The van der Waals surface area contributed by atoms with Crippen LogP contribution in [0.25, 0.3) is 0 Å². The van der Waals surface area contributed by atoms with Gasteiger partial charge >= 0.3 is 79.2 Å². The van der Waals surface area contributed by atoms with Crippen molar-refractivity contribution in [3.63, 3.8) is 0 Å². The Kier molecular flexibility index (Phi) is 17.6. The molecule has 11 heavy (non-hydrogen) atoms. The zero-order valence-electron chi connectivity index (χ0n) is 9.50. The quantitative estimate of drug-likeness (QED) is 0.208. The van der Waals surface area contributed by atoms with Gasteiger partial charge < -0.3 is 9.02 Å². The molecule has 0 N–H and O–H groups in total. The van der Waals surface area contributed by atoms with Crippen LogP contribution < -0.4 is 29.6 Å². The van der Waals surface area contributed by atoms with Crippen LogP contribution in [0, 0.1) is 0 Å². The van der Waals surface area contributed by atoms with Crippen LogP contribution in [0.5, 0.6) is 0 Å². The van der Waals surface area contributed by atoms with Crippen molar-refractivity contribution in [2.45, 2.75) is 0 Å². The third-order valence-corrected chi connectivity index (χ3v) is 0.535. The molecule has 54 valence electrons. The van der Waals surface area contributed by atoms with Crippen LogP contribution in [0.4, 0.5) is 0 Å². The van der Waals surface area contributed by atoms with Crippen LogP contribution in [0.2, 0.25) is 0 Å². The second kappa shape index (κ2) is 10.9. The van der Waals surface area contributed by atoms with E-state index in [9.17, 15) is 9.59 Å². The summed E-state index contributed by atoms with van der Waals surface area (Å²) in [7, 11) is 0. The first-order valence-electron chi connectivity index (χ1n) is 2.21. The molecule has 0 aromatic carbocycles. The van der Waals surface area contributed by atoms with Gasteiger partial charge in [0.25, 0.3) is 0 Å². The molecular weight excluding hydrogens is 183 g/mol. The van der Waals surface area contributed by atoms with Crippen LogP contribution in [0.3, 0.4) is 0 Å². The van der Waals surface area contributed by atoms with E-state index in [1.165, 1.54) is 0 Å². The average molecular weight is 192 g/mol. The molecule has 0 atom stereocenters. The summed E-state index contributed by atoms with van der Waals surface area (Å²) in [6.07, 6.45) is 1.81. The Hall–Kier alpha value is 0.880. The average Bonchev–Trinajstić information content (AvgIpc) is 1.87. The van der Waals surface area contributed by atoms with Gasteiger partial charge in [-0.3, -0.25) is 0 Å². The maximum absolute atomic E-state index is 10.2. The fourth-order valence-corrected chi connectivity index (χ4v) is 0.182. The topological polar surface area (TPSA) is 43.4 Å². The fourth-order valence-electron chi connectivity index (χ4n) is 0.182.